The fourth-order valence-electron chi connectivity index (χ4n) is 2.14. The Morgan fingerprint density at radius 2 is 2.19 bits per heavy atom. The average molecular weight is 283 g/mol. The van der Waals surface area contributed by atoms with Gasteiger partial charge in [0.2, 0.25) is 0 Å². The van der Waals surface area contributed by atoms with Crippen molar-refractivity contribution in [3.63, 3.8) is 0 Å². The molecule has 2 nitrogen and oxygen atoms in total. The number of carbonyl (C=O) groups is 1. The van der Waals surface area contributed by atoms with Crippen LogP contribution in [0.1, 0.15) is 30.9 Å². The van der Waals surface area contributed by atoms with E-state index < -0.39 is 0 Å². The van der Waals surface area contributed by atoms with Gasteiger partial charge in [0.05, 0.1) is 12.0 Å². The molecule has 1 fully saturated rings. The molecule has 0 N–H and O–H groups in total. The van der Waals surface area contributed by atoms with Crippen LogP contribution in [0.2, 0.25) is 0 Å². The molecule has 0 atom stereocenters. The van der Waals surface area contributed by atoms with E-state index in [0.29, 0.717) is 6.61 Å². The minimum absolute atomic E-state index is 0.0691. The molecule has 0 spiro atoms. The molecular weight excluding hydrogens is 268 g/mol. The maximum absolute atomic E-state index is 11.9. The van der Waals surface area contributed by atoms with Crippen molar-refractivity contribution in [1.29, 1.82) is 0 Å². The summed E-state index contributed by atoms with van der Waals surface area (Å²) in [6, 6.07) is 6.07. The summed E-state index contributed by atoms with van der Waals surface area (Å²) in [5.41, 5.74) is 1.93. The predicted molar refractivity (Wildman–Crippen MR) is 66.4 cm³/mol. The highest BCUT2D eigenvalue weighted by molar-refractivity contribution is 9.10. The number of halogens is 1. The van der Waals surface area contributed by atoms with Gasteiger partial charge in [-0.1, -0.05) is 22.0 Å². The van der Waals surface area contributed by atoms with Crippen molar-refractivity contribution in [3.05, 3.63) is 33.8 Å². The topological polar surface area (TPSA) is 26.3 Å². The Morgan fingerprint density at radius 1 is 1.50 bits per heavy atom. The van der Waals surface area contributed by atoms with Crippen LogP contribution in [0.3, 0.4) is 0 Å². The Morgan fingerprint density at radius 3 is 2.69 bits per heavy atom. The fourth-order valence-corrected chi connectivity index (χ4v) is 2.62. The summed E-state index contributed by atoms with van der Waals surface area (Å²) in [7, 11) is 0. The van der Waals surface area contributed by atoms with Crippen molar-refractivity contribution in [1.82, 2.24) is 0 Å². The maximum Gasteiger partial charge on any atom is 0.316 e. The standard InChI is InChI=1S/C13H15BrO2/c1-3-16-12(15)13(6-7-13)11-5-4-10(14)8-9(11)2/h4-5,8H,3,6-7H2,1-2H3. The summed E-state index contributed by atoms with van der Waals surface area (Å²) < 4.78 is 6.21. The number of ether oxygens (including phenoxy) is 1. The van der Waals surface area contributed by atoms with Gasteiger partial charge in [-0.3, -0.25) is 4.79 Å². The molecule has 0 unspecified atom stereocenters. The molecule has 1 aliphatic carbocycles. The number of aryl methyl sites for hydroxylation is 1. The van der Waals surface area contributed by atoms with Crippen LogP contribution in [-0.4, -0.2) is 12.6 Å². The first-order valence-corrected chi connectivity index (χ1v) is 6.33. The van der Waals surface area contributed by atoms with E-state index in [0.717, 1.165) is 28.4 Å². The molecule has 0 amide bonds. The van der Waals surface area contributed by atoms with E-state index in [1.54, 1.807) is 0 Å². The third-order valence-electron chi connectivity index (χ3n) is 3.12. The van der Waals surface area contributed by atoms with Gasteiger partial charge >= 0.3 is 5.97 Å². The molecule has 1 aromatic carbocycles. The van der Waals surface area contributed by atoms with Crippen LogP contribution in [0.25, 0.3) is 0 Å². The number of esters is 1. The lowest BCUT2D eigenvalue weighted by Gasteiger charge is -2.16. The molecule has 1 aliphatic rings. The number of hydrogen-bond acceptors (Lipinski definition) is 2. The molecule has 2 rings (SSSR count). The molecule has 1 saturated carbocycles. The van der Waals surface area contributed by atoms with E-state index in [1.807, 2.05) is 26.0 Å². The van der Waals surface area contributed by atoms with Crippen molar-refractivity contribution in [2.75, 3.05) is 6.61 Å². The van der Waals surface area contributed by atoms with Gasteiger partial charge in [-0.05, 0) is 49.9 Å². The quantitative estimate of drug-likeness (QED) is 0.795. The smallest absolute Gasteiger partial charge is 0.316 e. The SMILES string of the molecule is CCOC(=O)C1(c2ccc(Br)cc2C)CC1. The normalized spacial score (nSPS) is 16.9. The van der Waals surface area contributed by atoms with Gasteiger partial charge in [0, 0.05) is 4.47 Å². The molecule has 0 bridgehead atoms. The minimum Gasteiger partial charge on any atom is -0.465 e. The molecule has 0 aromatic heterocycles. The van der Waals surface area contributed by atoms with Gasteiger partial charge in [-0.15, -0.1) is 0 Å². The molecule has 0 heterocycles. The Bertz CT molecular complexity index is 422. The molecule has 3 heteroatoms. The summed E-state index contributed by atoms with van der Waals surface area (Å²) in [5, 5.41) is 0. The molecular formula is C13H15BrO2. The minimum atomic E-state index is -0.346. The van der Waals surface area contributed by atoms with E-state index in [1.165, 1.54) is 0 Å². The van der Waals surface area contributed by atoms with E-state index in [2.05, 4.69) is 22.0 Å². The number of rotatable bonds is 3. The summed E-state index contributed by atoms with van der Waals surface area (Å²) in [4.78, 5) is 11.9. The second-order valence-electron chi connectivity index (χ2n) is 4.26. The zero-order valence-corrected chi connectivity index (χ0v) is 11.1. The molecule has 0 aliphatic heterocycles. The van der Waals surface area contributed by atoms with E-state index >= 15 is 0 Å². The van der Waals surface area contributed by atoms with Gasteiger partial charge in [0.1, 0.15) is 0 Å². The van der Waals surface area contributed by atoms with Gasteiger partial charge in [0.15, 0.2) is 0 Å². The Balaban J connectivity index is 2.33. The number of carbonyl (C=O) groups excluding carboxylic acids is 1. The first-order valence-electron chi connectivity index (χ1n) is 5.54. The van der Waals surface area contributed by atoms with Crippen molar-refractivity contribution < 1.29 is 9.53 Å². The molecule has 16 heavy (non-hydrogen) atoms. The third kappa shape index (κ3) is 1.88. The van der Waals surface area contributed by atoms with Crippen LogP contribution < -0.4 is 0 Å². The predicted octanol–water partition coefficient (Wildman–Crippen LogP) is 3.35. The van der Waals surface area contributed by atoms with Gasteiger partial charge in [0.25, 0.3) is 0 Å². The Kier molecular flexibility index (Phi) is 3.06. The average Bonchev–Trinajstić information content (AvgIpc) is 2.99. The van der Waals surface area contributed by atoms with Crippen LogP contribution >= 0.6 is 15.9 Å². The highest BCUT2D eigenvalue weighted by Crippen LogP contribution is 2.50. The first-order chi connectivity index (χ1) is 7.60. The van der Waals surface area contributed by atoms with Crippen molar-refractivity contribution in [3.8, 4) is 0 Å². The van der Waals surface area contributed by atoms with Crippen LogP contribution in [0.4, 0.5) is 0 Å². The monoisotopic (exact) mass is 282 g/mol. The lowest BCUT2D eigenvalue weighted by molar-refractivity contribution is -0.146. The summed E-state index contributed by atoms with van der Waals surface area (Å²) >= 11 is 3.44. The third-order valence-corrected chi connectivity index (χ3v) is 3.61. The fraction of sp³-hybridized carbons (Fsp3) is 0.462. The maximum atomic E-state index is 11.9. The molecule has 1 aromatic rings. The van der Waals surface area contributed by atoms with E-state index in [4.69, 9.17) is 4.74 Å². The lowest BCUT2D eigenvalue weighted by Crippen LogP contribution is -2.24. The second-order valence-corrected chi connectivity index (χ2v) is 5.18. The molecule has 0 radical (unpaired) electrons. The van der Waals surface area contributed by atoms with Crippen molar-refractivity contribution in [2.24, 2.45) is 0 Å². The summed E-state index contributed by atoms with van der Waals surface area (Å²) in [5.74, 6) is -0.0691. The van der Waals surface area contributed by atoms with E-state index in [9.17, 15) is 4.79 Å². The van der Waals surface area contributed by atoms with Gasteiger partial charge in [-0.2, -0.15) is 0 Å². The number of hydrogen-bond donors (Lipinski definition) is 0. The zero-order valence-electron chi connectivity index (χ0n) is 9.55. The lowest BCUT2D eigenvalue weighted by atomic mass is 9.92. The molecule has 0 saturated heterocycles. The first kappa shape index (κ1) is 11.6. The van der Waals surface area contributed by atoms with E-state index in [-0.39, 0.29) is 11.4 Å². The van der Waals surface area contributed by atoms with Crippen LogP contribution in [-0.2, 0) is 14.9 Å². The molecule has 86 valence electrons. The Hall–Kier alpha value is -0.830. The van der Waals surface area contributed by atoms with Crippen molar-refractivity contribution >= 4 is 21.9 Å². The van der Waals surface area contributed by atoms with Crippen molar-refractivity contribution in [2.45, 2.75) is 32.1 Å². The second kappa shape index (κ2) is 4.21. The largest absolute Gasteiger partial charge is 0.465 e. The number of benzene rings is 1. The Labute approximate surface area is 104 Å². The zero-order chi connectivity index (χ0) is 11.8. The highest BCUT2D eigenvalue weighted by atomic mass is 79.9. The van der Waals surface area contributed by atoms with Gasteiger partial charge < -0.3 is 4.74 Å². The summed E-state index contributed by atoms with van der Waals surface area (Å²) in [6.07, 6.45) is 1.82. The van der Waals surface area contributed by atoms with Gasteiger partial charge in [-0.25, -0.2) is 0 Å². The highest BCUT2D eigenvalue weighted by Gasteiger charge is 2.53. The summed E-state index contributed by atoms with van der Waals surface area (Å²) in [6.45, 7) is 4.35. The van der Waals surface area contributed by atoms with Crippen LogP contribution in [0.15, 0.2) is 22.7 Å². The van der Waals surface area contributed by atoms with Crippen LogP contribution in [0.5, 0.6) is 0 Å². The van der Waals surface area contributed by atoms with Crippen LogP contribution in [0, 0.1) is 6.92 Å².